The zero-order valence-electron chi connectivity index (χ0n) is 18.6. The van der Waals surface area contributed by atoms with Gasteiger partial charge in [0.15, 0.2) is 0 Å². The first-order valence-corrected chi connectivity index (χ1v) is 11.3. The maximum Gasteiger partial charge on any atom is 0.322 e. The standard InChI is InChI=1S/C23H29N5O5/c1-14(29)24-17-9-7-15(8-10-17)20(31)27-23(16-5-3-2-4-6-16)12-28(13-23)21(32)18-11-19(30)26-22(33)25-18/h2-6,15,17-18H,7-13H2,1H3,(H,24,29)(H,27,31)(H2,25,26,30,33)/t15?,17?,18-/m0/s1. The second-order valence-corrected chi connectivity index (χ2v) is 9.16. The monoisotopic (exact) mass is 455 g/mol. The first-order valence-electron chi connectivity index (χ1n) is 11.3. The number of urea groups is 1. The number of imide groups is 1. The summed E-state index contributed by atoms with van der Waals surface area (Å²) in [6.45, 7) is 2.02. The number of hydrogen-bond donors (Lipinski definition) is 4. The lowest BCUT2D eigenvalue weighted by molar-refractivity contribution is -0.147. The summed E-state index contributed by atoms with van der Waals surface area (Å²) in [7, 11) is 0. The van der Waals surface area contributed by atoms with Crippen molar-refractivity contribution in [1.82, 2.24) is 26.2 Å². The highest BCUT2D eigenvalue weighted by Crippen LogP contribution is 2.34. The maximum absolute atomic E-state index is 13.2. The van der Waals surface area contributed by atoms with Gasteiger partial charge in [-0.1, -0.05) is 30.3 Å². The summed E-state index contributed by atoms with van der Waals surface area (Å²) in [5.41, 5.74) is 0.184. The van der Waals surface area contributed by atoms with Gasteiger partial charge in [-0.2, -0.15) is 0 Å². The van der Waals surface area contributed by atoms with E-state index in [9.17, 15) is 24.0 Å². The summed E-state index contributed by atoms with van der Waals surface area (Å²) < 4.78 is 0. The molecule has 33 heavy (non-hydrogen) atoms. The second kappa shape index (κ2) is 9.21. The molecule has 1 aliphatic carbocycles. The Morgan fingerprint density at radius 1 is 1.03 bits per heavy atom. The minimum absolute atomic E-state index is 0.0578. The Hall–Kier alpha value is -3.43. The summed E-state index contributed by atoms with van der Waals surface area (Å²) in [6, 6.07) is 8.03. The molecular formula is C23H29N5O5. The molecule has 1 aromatic rings. The number of benzene rings is 1. The molecule has 10 nitrogen and oxygen atoms in total. The van der Waals surface area contributed by atoms with Crippen molar-refractivity contribution in [2.75, 3.05) is 13.1 Å². The van der Waals surface area contributed by atoms with Gasteiger partial charge in [-0.3, -0.25) is 24.5 Å². The van der Waals surface area contributed by atoms with Crippen LogP contribution < -0.4 is 21.3 Å². The molecule has 0 radical (unpaired) electrons. The van der Waals surface area contributed by atoms with E-state index in [0.717, 1.165) is 18.4 Å². The molecule has 3 fully saturated rings. The second-order valence-electron chi connectivity index (χ2n) is 9.16. The molecule has 10 heteroatoms. The summed E-state index contributed by atoms with van der Waals surface area (Å²) >= 11 is 0. The largest absolute Gasteiger partial charge is 0.354 e. The average Bonchev–Trinajstić information content (AvgIpc) is 2.75. The van der Waals surface area contributed by atoms with Crippen LogP contribution in [0.5, 0.6) is 0 Å². The molecule has 1 saturated carbocycles. The van der Waals surface area contributed by atoms with E-state index in [1.807, 2.05) is 30.3 Å². The number of carbonyl (C=O) groups is 5. The van der Waals surface area contributed by atoms with Crippen molar-refractivity contribution in [3.8, 4) is 0 Å². The third-order valence-corrected chi connectivity index (χ3v) is 6.67. The number of rotatable bonds is 5. The first-order chi connectivity index (χ1) is 15.8. The minimum atomic E-state index is -0.903. The Kier molecular flexibility index (Phi) is 6.35. The Morgan fingerprint density at radius 3 is 2.30 bits per heavy atom. The van der Waals surface area contributed by atoms with Gasteiger partial charge in [-0.15, -0.1) is 0 Å². The lowest BCUT2D eigenvalue weighted by Crippen LogP contribution is -2.72. The van der Waals surface area contributed by atoms with Gasteiger partial charge in [-0.25, -0.2) is 4.79 Å². The molecule has 1 aromatic carbocycles. The van der Waals surface area contributed by atoms with Gasteiger partial charge < -0.3 is 20.9 Å². The van der Waals surface area contributed by atoms with Crippen LogP contribution in [0.2, 0.25) is 0 Å². The van der Waals surface area contributed by atoms with Gasteiger partial charge in [-0.05, 0) is 31.2 Å². The van der Waals surface area contributed by atoms with Crippen LogP contribution in [0.3, 0.4) is 0 Å². The van der Waals surface area contributed by atoms with Crippen LogP contribution in [0.15, 0.2) is 30.3 Å². The molecule has 0 bridgehead atoms. The highest BCUT2D eigenvalue weighted by molar-refractivity contribution is 6.02. The van der Waals surface area contributed by atoms with E-state index in [4.69, 9.17) is 0 Å². The minimum Gasteiger partial charge on any atom is -0.354 e. The van der Waals surface area contributed by atoms with Gasteiger partial charge in [0.1, 0.15) is 11.6 Å². The van der Waals surface area contributed by atoms with Crippen molar-refractivity contribution in [2.45, 2.75) is 56.7 Å². The quantitative estimate of drug-likeness (QED) is 0.500. The van der Waals surface area contributed by atoms with Crippen molar-refractivity contribution in [2.24, 2.45) is 5.92 Å². The Labute approximate surface area is 191 Å². The molecule has 1 atom stereocenters. The van der Waals surface area contributed by atoms with E-state index in [1.54, 1.807) is 4.90 Å². The third-order valence-electron chi connectivity index (χ3n) is 6.67. The van der Waals surface area contributed by atoms with Gasteiger partial charge in [0.2, 0.25) is 23.6 Å². The smallest absolute Gasteiger partial charge is 0.322 e. The summed E-state index contributed by atoms with van der Waals surface area (Å²) in [5.74, 6) is -1.10. The van der Waals surface area contributed by atoms with Crippen molar-refractivity contribution in [1.29, 1.82) is 0 Å². The van der Waals surface area contributed by atoms with E-state index in [-0.39, 0.29) is 49.2 Å². The van der Waals surface area contributed by atoms with Crippen molar-refractivity contribution >= 4 is 29.7 Å². The molecule has 0 unspecified atom stereocenters. The molecule has 2 saturated heterocycles. The van der Waals surface area contributed by atoms with Crippen molar-refractivity contribution in [3.05, 3.63) is 35.9 Å². The Bertz CT molecular complexity index is 935. The van der Waals surface area contributed by atoms with Crippen LogP contribution in [-0.2, 0) is 24.7 Å². The van der Waals surface area contributed by atoms with Crippen LogP contribution in [0, 0.1) is 5.92 Å². The van der Waals surface area contributed by atoms with E-state index in [0.29, 0.717) is 12.8 Å². The fourth-order valence-corrected chi connectivity index (χ4v) is 4.96. The van der Waals surface area contributed by atoms with E-state index >= 15 is 0 Å². The van der Waals surface area contributed by atoms with Crippen molar-refractivity contribution < 1.29 is 24.0 Å². The number of nitrogens with zero attached hydrogens (tertiary/aromatic N) is 1. The van der Waals surface area contributed by atoms with Gasteiger partial charge >= 0.3 is 6.03 Å². The Morgan fingerprint density at radius 2 is 1.70 bits per heavy atom. The Balaban J connectivity index is 1.41. The average molecular weight is 456 g/mol. The fraction of sp³-hybridized carbons (Fsp3) is 0.522. The number of amides is 6. The normalized spacial score (nSPS) is 26.3. The highest BCUT2D eigenvalue weighted by atomic mass is 16.2. The zero-order chi connectivity index (χ0) is 23.6. The highest BCUT2D eigenvalue weighted by Gasteiger charge is 2.50. The van der Waals surface area contributed by atoms with E-state index in [1.165, 1.54) is 6.92 Å². The van der Waals surface area contributed by atoms with E-state index in [2.05, 4.69) is 21.3 Å². The molecule has 0 aromatic heterocycles. The molecule has 4 rings (SSSR count). The molecule has 2 aliphatic heterocycles. The molecular weight excluding hydrogens is 426 g/mol. The molecule has 0 spiro atoms. The van der Waals surface area contributed by atoms with Crippen LogP contribution in [0.4, 0.5) is 4.79 Å². The van der Waals surface area contributed by atoms with Gasteiger partial charge in [0, 0.05) is 32.0 Å². The fourth-order valence-electron chi connectivity index (χ4n) is 4.96. The summed E-state index contributed by atoms with van der Waals surface area (Å²) in [5, 5.41) is 10.7. The molecule has 4 N–H and O–H groups in total. The van der Waals surface area contributed by atoms with Gasteiger partial charge in [0.25, 0.3) is 0 Å². The molecule has 176 valence electrons. The van der Waals surface area contributed by atoms with Crippen LogP contribution in [0.1, 0.15) is 44.6 Å². The first kappa shape index (κ1) is 22.8. The SMILES string of the molecule is CC(=O)NC1CCC(C(=O)NC2(c3ccccc3)CN(C(=O)[C@@H]3CC(=O)NC(=O)N3)C2)CC1. The summed E-state index contributed by atoms with van der Waals surface area (Å²) in [4.78, 5) is 62.1. The lowest BCUT2D eigenvalue weighted by atomic mass is 9.79. The van der Waals surface area contributed by atoms with Crippen LogP contribution >= 0.6 is 0 Å². The summed E-state index contributed by atoms with van der Waals surface area (Å²) in [6.07, 6.45) is 2.78. The van der Waals surface area contributed by atoms with E-state index < -0.39 is 23.5 Å². The third kappa shape index (κ3) is 4.99. The van der Waals surface area contributed by atoms with Crippen LogP contribution in [0.25, 0.3) is 0 Å². The number of likely N-dealkylation sites (tertiary alicyclic amines) is 1. The maximum atomic E-state index is 13.2. The van der Waals surface area contributed by atoms with Crippen LogP contribution in [-0.4, -0.2) is 59.7 Å². The zero-order valence-corrected chi connectivity index (χ0v) is 18.6. The molecule has 2 heterocycles. The van der Waals surface area contributed by atoms with Gasteiger partial charge in [0.05, 0.1) is 6.42 Å². The van der Waals surface area contributed by atoms with Crippen molar-refractivity contribution in [3.63, 3.8) is 0 Å². The molecule has 6 amide bonds. The molecule has 3 aliphatic rings. The topological polar surface area (TPSA) is 137 Å². The number of nitrogens with one attached hydrogen (secondary N) is 4. The number of carbonyl (C=O) groups excluding carboxylic acids is 5. The predicted octanol–water partition coefficient (Wildman–Crippen LogP) is 0.133. The number of hydrogen-bond acceptors (Lipinski definition) is 5. The lowest BCUT2D eigenvalue weighted by Gasteiger charge is -2.52. The predicted molar refractivity (Wildman–Crippen MR) is 117 cm³/mol.